The molecule has 0 unspecified atom stereocenters. The molecule has 106 valence electrons. The van der Waals surface area contributed by atoms with Gasteiger partial charge in [0.15, 0.2) is 5.58 Å². The fourth-order valence-corrected chi connectivity index (χ4v) is 2.78. The summed E-state index contributed by atoms with van der Waals surface area (Å²) in [6.45, 7) is 0. The van der Waals surface area contributed by atoms with E-state index in [2.05, 4.69) is 10.3 Å². The molecule has 2 N–H and O–H groups in total. The first-order valence-corrected chi connectivity index (χ1v) is 7.12. The number of aryl methyl sites for hydroxylation is 1. The smallest absolute Gasteiger partial charge is 0.408 e. The molecule has 2 aromatic rings. The van der Waals surface area contributed by atoms with Gasteiger partial charge in [0.1, 0.15) is 0 Å². The summed E-state index contributed by atoms with van der Waals surface area (Å²) in [6, 6.07) is 5.89. The Morgan fingerprint density at radius 2 is 2.15 bits per heavy atom. The number of carbonyl (C=O) groups excluding carboxylic acids is 1. The third-order valence-electron chi connectivity index (χ3n) is 3.84. The van der Waals surface area contributed by atoms with Gasteiger partial charge in [0, 0.05) is 12.5 Å². The van der Waals surface area contributed by atoms with Gasteiger partial charge >= 0.3 is 5.76 Å². The van der Waals surface area contributed by atoms with Crippen LogP contribution in [0.15, 0.2) is 27.4 Å². The quantitative estimate of drug-likeness (QED) is 0.896. The van der Waals surface area contributed by atoms with E-state index >= 15 is 0 Å². The number of rotatable bonds is 4. The molecule has 1 aromatic heterocycles. The highest BCUT2D eigenvalue weighted by molar-refractivity contribution is 5.77. The Balaban J connectivity index is 1.58. The topological polar surface area (TPSA) is 75.1 Å². The molecular weight excluding hydrogens is 256 g/mol. The second kappa shape index (κ2) is 5.53. The summed E-state index contributed by atoms with van der Waals surface area (Å²) >= 11 is 0. The molecule has 0 aliphatic heterocycles. The molecule has 0 radical (unpaired) electrons. The van der Waals surface area contributed by atoms with E-state index in [4.69, 9.17) is 4.42 Å². The molecule has 0 atom stereocenters. The predicted octanol–water partition coefficient (Wildman–Crippen LogP) is 2.11. The zero-order valence-corrected chi connectivity index (χ0v) is 11.3. The van der Waals surface area contributed by atoms with E-state index in [-0.39, 0.29) is 5.91 Å². The molecule has 1 fully saturated rings. The third kappa shape index (κ3) is 2.92. The monoisotopic (exact) mass is 274 g/mol. The number of aromatic amines is 1. The lowest BCUT2D eigenvalue weighted by molar-refractivity contribution is -0.121. The van der Waals surface area contributed by atoms with Gasteiger partial charge in [0.25, 0.3) is 0 Å². The van der Waals surface area contributed by atoms with Crippen LogP contribution in [-0.2, 0) is 11.2 Å². The third-order valence-corrected chi connectivity index (χ3v) is 3.84. The predicted molar refractivity (Wildman–Crippen MR) is 75.6 cm³/mol. The minimum absolute atomic E-state index is 0.109. The largest absolute Gasteiger partial charge is 0.417 e. The SMILES string of the molecule is O=C(CCc1ccc2oc(=O)[nH]c2c1)NC1CCCC1. The van der Waals surface area contributed by atoms with E-state index in [1.54, 1.807) is 6.07 Å². The molecule has 0 bridgehead atoms. The first kappa shape index (κ1) is 13.0. The Kier molecular flexibility index (Phi) is 3.58. The van der Waals surface area contributed by atoms with E-state index in [0.717, 1.165) is 18.4 Å². The van der Waals surface area contributed by atoms with Crippen molar-refractivity contribution in [2.24, 2.45) is 0 Å². The highest BCUT2D eigenvalue weighted by atomic mass is 16.4. The van der Waals surface area contributed by atoms with Crippen molar-refractivity contribution in [2.45, 2.75) is 44.6 Å². The summed E-state index contributed by atoms with van der Waals surface area (Å²) in [5.41, 5.74) is 2.26. The lowest BCUT2D eigenvalue weighted by Crippen LogP contribution is -2.32. The van der Waals surface area contributed by atoms with E-state index in [1.807, 2.05) is 12.1 Å². The Labute approximate surface area is 116 Å². The number of fused-ring (bicyclic) bond motifs is 1. The fourth-order valence-electron chi connectivity index (χ4n) is 2.78. The summed E-state index contributed by atoms with van der Waals surface area (Å²) in [7, 11) is 0. The van der Waals surface area contributed by atoms with E-state index in [1.165, 1.54) is 12.8 Å². The average molecular weight is 274 g/mol. The van der Waals surface area contributed by atoms with Crippen LogP contribution >= 0.6 is 0 Å². The molecule has 1 saturated carbocycles. The van der Waals surface area contributed by atoms with Crippen molar-refractivity contribution in [1.29, 1.82) is 0 Å². The number of carbonyl (C=O) groups is 1. The van der Waals surface area contributed by atoms with E-state index < -0.39 is 5.76 Å². The highest BCUT2D eigenvalue weighted by Crippen LogP contribution is 2.18. The lowest BCUT2D eigenvalue weighted by atomic mass is 10.1. The Hall–Kier alpha value is -2.04. The number of amides is 1. The van der Waals surface area contributed by atoms with Gasteiger partial charge in [-0.3, -0.25) is 9.78 Å². The van der Waals surface area contributed by atoms with Crippen LogP contribution in [0.3, 0.4) is 0 Å². The van der Waals surface area contributed by atoms with Gasteiger partial charge in [-0.25, -0.2) is 4.79 Å². The Bertz CT molecular complexity index is 665. The summed E-state index contributed by atoms with van der Waals surface area (Å²) in [5, 5.41) is 3.08. The standard InChI is InChI=1S/C15H18N2O3/c18-14(16-11-3-1-2-4-11)8-6-10-5-7-13-12(9-10)17-15(19)20-13/h5,7,9,11H,1-4,6,8H2,(H,16,18)(H,17,19). The van der Waals surface area contributed by atoms with Gasteiger partial charge in [-0.05, 0) is 37.0 Å². The van der Waals surface area contributed by atoms with Crippen molar-refractivity contribution < 1.29 is 9.21 Å². The molecule has 5 nitrogen and oxygen atoms in total. The number of benzene rings is 1. The van der Waals surface area contributed by atoms with Gasteiger partial charge in [0.2, 0.25) is 5.91 Å². The Morgan fingerprint density at radius 1 is 1.35 bits per heavy atom. The van der Waals surface area contributed by atoms with Crippen LogP contribution in [0.2, 0.25) is 0 Å². The van der Waals surface area contributed by atoms with E-state index in [9.17, 15) is 9.59 Å². The molecule has 1 heterocycles. The number of nitrogens with one attached hydrogen (secondary N) is 2. The van der Waals surface area contributed by atoms with E-state index in [0.29, 0.717) is 30.0 Å². The summed E-state index contributed by atoms with van der Waals surface area (Å²) in [6.07, 6.45) is 5.79. The Morgan fingerprint density at radius 3 is 2.95 bits per heavy atom. The van der Waals surface area contributed by atoms with Crippen LogP contribution in [0, 0.1) is 0 Å². The van der Waals surface area contributed by atoms with Gasteiger partial charge in [-0.15, -0.1) is 0 Å². The summed E-state index contributed by atoms with van der Waals surface area (Å²) in [4.78, 5) is 25.5. The molecule has 1 aliphatic rings. The summed E-state index contributed by atoms with van der Waals surface area (Å²) < 4.78 is 4.95. The van der Waals surface area contributed by atoms with Crippen molar-refractivity contribution in [3.05, 3.63) is 34.3 Å². The fraction of sp³-hybridized carbons (Fsp3) is 0.467. The highest BCUT2D eigenvalue weighted by Gasteiger charge is 2.16. The minimum Gasteiger partial charge on any atom is -0.408 e. The molecular formula is C15H18N2O3. The molecule has 5 heteroatoms. The first-order valence-electron chi connectivity index (χ1n) is 7.12. The van der Waals surface area contributed by atoms with Crippen molar-refractivity contribution >= 4 is 17.0 Å². The van der Waals surface area contributed by atoms with Crippen LogP contribution in [0.4, 0.5) is 0 Å². The normalized spacial score (nSPS) is 15.8. The average Bonchev–Trinajstić information content (AvgIpc) is 3.04. The number of H-pyrrole nitrogens is 1. The lowest BCUT2D eigenvalue weighted by Gasteiger charge is -2.11. The van der Waals surface area contributed by atoms with Crippen LogP contribution in [0.25, 0.3) is 11.1 Å². The van der Waals surface area contributed by atoms with Gasteiger partial charge in [-0.1, -0.05) is 18.9 Å². The van der Waals surface area contributed by atoms with Gasteiger partial charge in [-0.2, -0.15) is 0 Å². The molecule has 1 aliphatic carbocycles. The molecule has 1 aromatic carbocycles. The molecule has 0 saturated heterocycles. The molecule has 3 rings (SSSR count). The maximum atomic E-state index is 11.9. The second-order valence-corrected chi connectivity index (χ2v) is 5.39. The molecule has 20 heavy (non-hydrogen) atoms. The number of aromatic nitrogens is 1. The zero-order valence-electron chi connectivity index (χ0n) is 11.3. The molecule has 0 spiro atoms. The number of oxazole rings is 1. The maximum absolute atomic E-state index is 11.9. The van der Waals surface area contributed by atoms with Crippen molar-refractivity contribution in [2.75, 3.05) is 0 Å². The maximum Gasteiger partial charge on any atom is 0.417 e. The van der Waals surface area contributed by atoms with Crippen molar-refractivity contribution in [1.82, 2.24) is 10.3 Å². The van der Waals surface area contributed by atoms with Gasteiger partial charge in [0.05, 0.1) is 5.52 Å². The number of hydrogen-bond acceptors (Lipinski definition) is 3. The zero-order chi connectivity index (χ0) is 13.9. The second-order valence-electron chi connectivity index (χ2n) is 5.39. The van der Waals surface area contributed by atoms with Crippen LogP contribution in [0.5, 0.6) is 0 Å². The minimum atomic E-state index is -0.448. The van der Waals surface area contributed by atoms with Gasteiger partial charge < -0.3 is 9.73 Å². The van der Waals surface area contributed by atoms with Crippen molar-refractivity contribution in [3.63, 3.8) is 0 Å². The van der Waals surface area contributed by atoms with Crippen LogP contribution in [0.1, 0.15) is 37.7 Å². The summed E-state index contributed by atoms with van der Waals surface area (Å²) in [5.74, 6) is -0.339. The first-order chi connectivity index (χ1) is 9.70. The molecule has 1 amide bonds. The van der Waals surface area contributed by atoms with Crippen LogP contribution in [-0.4, -0.2) is 16.9 Å². The van der Waals surface area contributed by atoms with Crippen LogP contribution < -0.4 is 11.1 Å². The van der Waals surface area contributed by atoms with Crippen molar-refractivity contribution in [3.8, 4) is 0 Å². The number of hydrogen-bond donors (Lipinski definition) is 2.